The molecule has 8 aromatic carbocycles. The van der Waals surface area contributed by atoms with Gasteiger partial charge in [0, 0.05) is 44.5 Å². The first kappa shape index (κ1) is 74.9. The highest BCUT2D eigenvalue weighted by Crippen LogP contribution is 2.75. The van der Waals surface area contributed by atoms with Gasteiger partial charge in [0.2, 0.25) is 0 Å². The zero-order valence-electron chi connectivity index (χ0n) is 60.6. The number of rotatable bonds is 20. The summed E-state index contributed by atoms with van der Waals surface area (Å²) in [5, 5.41) is 0. The van der Waals surface area contributed by atoms with Crippen LogP contribution in [0.3, 0.4) is 0 Å². The average Bonchev–Trinajstić information content (AvgIpc) is 0.666. The lowest BCUT2D eigenvalue weighted by molar-refractivity contribution is -0.0692. The largest absolute Gasteiger partial charge is 0.462 e. The van der Waals surface area contributed by atoms with Crippen molar-refractivity contribution < 1.29 is 76.3 Å². The lowest BCUT2D eigenvalue weighted by Crippen LogP contribution is -2.67. The van der Waals surface area contributed by atoms with Crippen LogP contribution in [-0.2, 0) is 59.6 Å². The molecule has 106 heavy (non-hydrogen) atoms. The predicted molar refractivity (Wildman–Crippen MR) is 398 cm³/mol. The molecule has 0 unspecified atom stereocenters. The second kappa shape index (κ2) is 33.0. The third-order valence-electron chi connectivity index (χ3n) is 19.3. The van der Waals surface area contributed by atoms with Gasteiger partial charge in [0.25, 0.3) is 0 Å². The molecule has 0 spiro atoms. The van der Waals surface area contributed by atoms with Crippen molar-refractivity contribution in [1.29, 1.82) is 0 Å². The summed E-state index contributed by atoms with van der Waals surface area (Å²) >= 11 is 0. The van der Waals surface area contributed by atoms with Crippen LogP contribution in [0.2, 0.25) is 0 Å². The average molecular weight is 1420 g/mol. The normalized spacial score (nSPS) is 17.7. The molecular formula is C90H80O16. The first-order valence-corrected chi connectivity index (χ1v) is 35.7. The van der Waals surface area contributed by atoms with Crippen LogP contribution in [0, 0.1) is 47.4 Å². The van der Waals surface area contributed by atoms with Crippen LogP contribution in [0.5, 0.6) is 0 Å². The van der Waals surface area contributed by atoms with Gasteiger partial charge in [-0.25, -0.2) is 38.4 Å². The standard InChI is InChI=1S/C90H80O16/c1-9-99-79(91)67-41-63(42-68(49-67)80(92)100-10-2)21-17-59-25-33-75(34-26-59)87-53-88(76-35-27-60(28-36-76)18-22-64-43-69(81(93)101-11-3)50-70(44-64)82(94)102-12-4)56-89(54-87,77-37-29-61(30-38-77)19-23-65-45-71(83(95)103-13-5)51-72(46-65)84(96)104-14-6)58-90(55-87,57-88)78-39-31-62(32-40-78)20-24-66-47-73(85(97)105-15-7)52-74(48-66)86(98)106-16-8/h25-52H,9-16,53-58H2,1-8H3. The van der Waals surface area contributed by atoms with E-state index in [1.807, 2.05) is 48.5 Å². The number of hydrogen-bond donors (Lipinski definition) is 0. The molecule has 0 saturated heterocycles. The molecular weight excluding hydrogens is 1340 g/mol. The van der Waals surface area contributed by atoms with Crippen molar-refractivity contribution in [3.63, 3.8) is 0 Å². The minimum atomic E-state index is -0.588. The minimum absolute atomic E-state index is 0.144. The summed E-state index contributed by atoms with van der Waals surface area (Å²) in [4.78, 5) is 104. The van der Waals surface area contributed by atoms with Gasteiger partial charge in [0.1, 0.15) is 0 Å². The predicted octanol–water partition coefficient (Wildman–Crippen LogP) is 15.1. The van der Waals surface area contributed by atoms with Crippen molar-refractivity contribution in [1.82, 2.24) is 0 Å². The van der Waals surface area contributed by atoms with E-state index in [9.17, 15) is 38.4 Å². The van der Waals surface area contributed by atoms with Crippen LogP contribution in [0.25, 0.3) is 0 Å². The van der Waals surface area contributed by atoms with Crippen molar-refractivity contribution >= 4 is 47.8 Å². The molecule has 8 aromatic rings. The van der Waals surface area contributed by atoms with Crippen LogP contribution in [0.1, 0.15) is 244 Å². The number of esters is 8. The number of carbonyl (C=O) groups excluding carboxylic acids is 8. The van der Waals surface area contributed by atoms with Gasteiger partial charge in [-0.3, -0.25) is 0 Å². The Bertz CT molecular complexity index is 4200. The highest BCUT2D eigenvalue weighted by molar-refractivity contribution is 5.99. The molecule has 16 heteroatoms. The van der Waals surface area contributed by atoms with Crippen molar-refractivity contribution in [2.45, 2.75) is 116 Å². The fourth-order valence-corrected chi connectivity index (χ4v) is 15.5. The molecule has 4 fully saturated rings. The Morgan fingerprint density at radius 1 is 0.217 bits per heavy atom. The van der Waals surface area contributed by atoms with Gasteiger partial charge in [0.05, 0.1) is 97.4 Å². The van der Waals surface area contributed by atoms with E-state index in [2.05, 4.69) is 95.9 Å². The fourth-order valence-electron chi connectivity index (χ4n) is 15.5. The summed E-state index contributed by atoms with van der Waals surface area (Å²) in [5.74, 6) is 21.3. The second-order valence-electron chi connectivity index (χ2n) is 26.5. The first-order valence-electron chi connectivity index (χ1n) is 35.7. The number of hydrogen-bond acceptors (Lipinski definition) is 16. The van der Waals surface area contributed by atoms with E-state index in [-0.39, 0.29) is 97.4 Å². The van der Waals surface area contributed by atoms with Gasteiger partial charge < -0.3 is 37.9 Å². The summed E-state index contributed by atoms with van der Waals surface area (Å²) in [7, 11) is 0. The van der Waals surface area contributed by atoms with Crippen LogP contribution < -0.4 is 0 Å². The monoisotopic (exact) mass is 1420 g/mol. The molecule has 0 aliphatic heterocycles. The maximum absolute atomic E-state index is 13.1. The summed E-state index contributed by atoms with van der Waals surface area (Å²) < 4.78 is 42.5. The Labute approximate surface area is 617 Å². The van der Waals surface area contributed by atoms with Gasteiger partial charge in [-0.05, 0) is 259 Å². The van der Waals surface area contributed by atoms with E-state index >= 15 is 0 Å². The maximum Gasteiger partial charge on any atom is 0.338 e. The van der Waals surface area contributed by atoms with Crippen LogP contribution >= 0.6 is 0 Å². The molecule has 0 N–H and O–H groups in total. The summed E-state index contributed by atoms with van der Waals surface area (Å²) in [6, 6.07) is 52.3. The van der Waals surface area contributed by atoms with Gasteiger partial charge in [-0.15, -0.1) is 0 Å². The second-order valence-corrected chi connectivity index (χ2v) is 26.5. The van der Waals surface area contributed by atoms with E-state index in [4.69, 9.17) is 37.9 Å². The van der Waals surface area contributed by atoms with E-state index in [0.717, 1.165) is 60.8 Å². The zero-order chi connectivity index (χ0) is 75.2. The zero-order valence-corrected chi connectivity index (χ0v) is 60.6. The summed E-state index contributed by atoms with van der Waals surface area (Å²) in [6.07, 6.45) is 4.66. The lowest BCUT2D eigenvalue weighted by Gasteiger charge is -2.71. The Kier molecular flexibility index (Phi) is 23.4. The molecule has 4 aliphatic rings. The van der Waals surface area contributed by atoms with Crippen LogP contribution in [0.15, 0.2) is 170 Å². The molecule has 16 nitrogen and oxygen atoms in total. The van der Waals surface area contributed by atoms with E-state index < -0.39 is 69.4 Å². The molecule has 0 atom stereocenters. The van der Waals surface area contributed by atoms with Crippen LogP contribution in [0.4, 0.5) is 0 Å². The Morgan fingerprint density at radius 3 is 0.481 bits per heavy atom. The Hall–Kier alpha value is -12.2. The molecule has 0 radical (unpaired) electrons. The third-order valence-corrected chi connectivity index (χ3v) is 19.3. The molecule has 4 bridgehead atoms. The maximum atomic E-state index is 13.1. The molecule has 0 heterocycles. The van der Waals surface area contributed by atoms with Gasteiger partial charge in [0.15, 0.2) is 0 Å². The Balaban J connectivity index is 1.05. The summed E-state index contributed by atoms with van der Waals surface area (Å²) in [6.45, 7) is 14.8. The topological polar surface area (TPSA) is 210 Å². The highest BCUT2D eigenvalue weighted by Gasteiger charge is 2.69. The number of carbonyl (C=O) groups is 8. The molecule has 536 valence electrons. The third kappa shape index (κ3) is 16.9. The SMILES string of the molecule is CCOC(=O)c1cc(C#Cc2ccc(C34CC5(c6ccc(C#Cc7cc(C(=O)OCC)cc(C(=O)OCC)c7)cc6)CC(c6ccc(C#Cc7cc(C(=O)OCC)cc(C(=O)OCC)c7)cc6)(C3)CC(c3ccc(C#Cc6cc(C(=O)OCC)cc(C(=O)OCC)c6)cc3)(C4)C5)cc2)cc(C(=O)OCC)c1. The molecule has 12 rings (SSSR count). The Morgan fingerprint density at radius 2 is 0.349 bits per heavy atom. The van der Waals surface area contributed by atoms with Crippen molar-refractivity contribution in [3.8, 4) is 47.4 Å². The van der Waals surface area contributed by atoms with E-state index in [1.54, 1.807) is 104 Å². The van der Waals surface area contributed by atoms with E-state index in [0.29, 0.717) is 44.5 Å². The smallest absolute Gasteiger partial charge is 0.338 e. The van der Waals surface area contributed by atoms with Gasteiger partial charge in [-0.1, -0.05) is 95.9 Å². The fraction of sp³-hybridized carbons (Fsp3) is 0.289. The van der Waals surface area contributed by atoms with Gasteiger partial charge >= 0.3 is 47.8 Å². The highest BCUT2D eigenvalue weighted by atomic mass is 16.6. The molecule has 0 aromatic heterocycles. The van der Waals surface area contributed by atoms with Crippen molar-refractivity contribution in [2.75, 3.05) is 52.9 Å². The number of benzene rings is 8. The lowest BCUT2D eigenvalue weighted by atomic mass is 9.32. The molecule has 4 saturated carbocycles. The molecule has 4 aliphatic carbocycles. The minimum Gasteiger partial charge on any atom is -0.462 e. The quantitative estimate of drug-likeness (QED) is 0.0394. The summed E-state index contributed by atoms with van der Waals surface area (Å²) in [5.41, 5.74) is 8.58. The number of ether oxygens (including phenoxy) is 8. The molecule has 0 amide bonds. The first-order chi connectivity index (χ1) is 51.2. The van der Waals surface area contributed by atoms with E-state index in [1.165, 1.54) is 24.3 Å². The van der Waals surface area contributed by atoms with Crippen molar-refractivity contribution in [2.24, 2.45) is 0 Å². The van der Waals surface area contributed by atoms with Crippen molar-refractivity contribution in [3.05, 3.63) is 281 Å². The van der Waals surface area contributed by atoms with Crippen LogP contribution in [-0.4, -0.2) is 101 Å². The van der Waals surface area contributed by atoms with Gasteiger partial charge in [-0.2, -0.15) is 0 Å².